The molecule has 0 bridgehead atoms. The second kappa shape index (κ2) is 15.2. The van der Waals surface area contributed by atoms with E-state index < -0.39 is 30.1 Å². The third kappa shape index (κ3) is 10.5. The molecule has 1 saturated carbocycles. The summed E-state index contributed by atoms with van der Waals surface area (Å²) in [4.78, 5) is 36.2. The average Bonchev–Trinajstić information content (AvgIpc) is 3.09. The molecule has 1 aromatic rings. The minimum atomic E-state index is -3.41. The fraction of sp³-hybridized carbons (Fsp3) is 0.690. The number of aliphatic hydroxyl groups excluding tert-OH is 1. The van der Waals surface area contributed by atoms with Crippen molar-refractivity contribution in [3.63, 3.8) is 0 Å². The first-order valence-electron chi connectivity index (χ1n) is 13.5. The number of unbranched alkanes of at least 4 members (excludes halogenated alkanes) is 5. The largest absolute Gasteiger partial charge is 0.463 e. The molecule has 0 aromatic heterocycles. The summed E-state index contributed by atoms with van der Waals surface area (Å²) >= 11 is 0. The minimum absolute atomic E-state index is 0.0283. The monoisotopic (exact) mass is 508 g/mol. The summed E-state index contributed by atoms with van der Waals surface area (Å²) in [5, 5.41) is 10.3. The van der Waals surface area contributed by atoms with Crippen molar-refractivity contribution in [3.05, 3.63) is 35.9 Å². The van der Waals surface area contributed by atoms with Crippen molar-refractivity contribution in [1.82, 2.24) is 0 Å². The van der Waals surface area contributed by atoms with Gasteiger partial charge < -0.3 is 9.84 Å². The molecule has 1 aliphatic carbocycles. The quantitative estimate of drug-likeness (QED) is 0.199. The van der Waals surface area contributed by atoms with Gasteiger partial charge >= 0.3 is 11.9 Å². The second-order valence-corrected chi connectivity index (χ2v) is 10.4. The Balaban J connectivity index is 1.68. The Bertz CT molecular complexity index is 824. The highest BCUT2D eigenvalue weighted by atomic mass is 19.3. The fourth-order valence-electron chi connectivity index (χ4n) is 5.01. The molecule has 202 valence electrons. The van der Waals surface area contributed by atoms with E-state index in [1.165, 1.54) is 0 Å². The number of Topliss-reactive ketones (excluding diaryl/α,β-unsaturated/α-hetero) is 2. The lowest BCUT2D eigenvalue weighted by atomic mass is 9.84. The molecule has 0 aliphatic heterocycles. The van der Waals surface area contributed by atoms with Crippen LogP contribution in [0, 0.1) is 11.8 Å². The predicted octanol–water partition coefficient (Wildman–Crippen LogP) is 6.24. The van der Waals surface area contributed by atoms with E-state index in [4.69, 9.17) is 4.74 Å². The molecule has 0 heterocycles. The molecule has 7 heteroatoms. The lowest BCUT2D eigenvalue weighted by molar-refractivity contribution is -0.147. The van der Waals surface area contributed by atoms with Gasteiger partial charge in [-0.05, 0) is 51.0 Å². The van der Waals surface area contributed by atoms with Gasteiger partial charge in [0.2, 0.25) is 5.78 Å². The number of hydrogen-bond donors (Lipinski definition) is 1. The van der Waals surface area contributed by atoms with E-state index >= 15 is 0 Å². The topological polar surface area (TPSA) is 80.7 Å². The summed E-state index contributed by atoms with van der Waals surface area (Å²) in [6.07, 6.45) is 4.96. The van der Waals surface area contributed by atoms with Crippen LogP contribution < -0.4 is 0 Å². The molecule has 0 radical (unpaired) electrons. The lowest BCUT2D eigenvalue weighted by Crippen LogP contribution is -2.31. The number of halogens is 2. The van der Waals surface area contributed by atoms with E-state index in [9.17, 15) is 28.3 Å². The van der Waals surface area contributed by atoms with Crippen LogP contribution in [-0.4, -0.2) is 40.8 Å². The van der Waals surface area contributed by atoms with Crippen molar-refractivity contribution in [2.24, 2.45) is 11.8 Å². The van der Waals surface area contributed by atoms with Gasteiger partial charge in [-0.25, -0.2) is 0 Å². The number of ketones is 2. The first-order chi connectivity index (χ1) is 17.1. The Morgan fingerprint density at radius 2 is 1.64 bits per heavy atom. The van der Waals surface area contributed by atoms with Crippen molar-refractivity contribution < 1.29 is 33.0 Å². The highest BCUT2D eigenvalue weighted by molar-refractivity contribution is 5.86. The number of ether oxygens (including phenoxy) is 1. The standard InChI is InChI=1S/C29H42F2O5/c1-21(2)36-28(35)15-11-6-4-3-5-10-14-23-24(26(33)20-25(23)32)16-17-27(34)29(30,31)19-18-22-12-8-7-9-13-22/h7-9,12-13,21,23-24,26,33H,3-6,10-11,14-20H2,1-2H3/t23?,24-,26?/m1/s1. The number of aryl methyl sites for hydroxylation is 1. The summed E-state index contributed by atoms with van der Waals surface area (Å²) in [7, 11) is 0. The van der Waals surface area contributed by atoms with Crippen LogP contribution in [0.5, 0.6) is 0 Å². The summed E-state index contributed by atoms with van der Waals surface area (Å²) < 4.78 is 33.9. The molecule has 1 fully saturated rings. The van der Waals surface area contributed by atoms with Crippen molar-refractivity contribution >= 4 is 17.5 Å². The molecular weight excluding hydrogens is 466 g/mol. The molecule has 0 amide bonds. The smallest absolute Gasteiger partial charge is 0.306 e. The first-order valence-corrected chi connectivity index (χ1v) is 13.5. The molecule has 36 heavy (non-hydrogen) atoms. The van der Waals surface area contributed by atoms with Gasteiger partial charge in [0.1, 0.15) is 5.78 Å². The summed E-state index contributed by atoms with van der Waals surface area (Å²) in [6, 6.07) is 8.89. The zero-order valence-electron chi connectivity index (χ0n) is 21.7. The van der Waals surface area contributed by atoms with Crippen LogP contribution in [-0.2, 0) is 25.5 Å². The van der Waals surface area contributed by atoms with Gasteiger partial charge in [-0.1, -0.05) is 62.4 Å². The molecule has 2 unspecified atom stereocenters. The maximum absolute atomic E-state index is 14.4. The van der Waals surface area contributed by atoms with Crippen LogP contribution in [0.25, 0.3) is 0 Å². The van der Waals surface area contributed by atoms with Crippen molar-refractivity contribution in [2.75, 3.05) is 0 Å². The van der Waals surface area contributed by atoms with Gasteiger partial charge in [-0.3, -0.25) is 14.4 Å². The number of esters is 1. The zero-order valence-corrected chi connectivity index (χ0v) is 21.7. The van der Waals surface area contributed by atoms with E-state index in [1.54, 1.807) is 24.3 Å². The number of carbonyl (C=O) groups excluding carboxylic acids is 3. The van der Waals surface area contributed by atoms with Crippen LogP contribution in [0.4, 0.5) is 8.78 Å². The van der Waals surface area contributed by atoms with E-state index in [0.29, 0.717) is 12.8 Å². The molecule has 0 saturated heterocycles. The molecular formula is C29H42F2O5. The highest BCUT2D eigenvalue weighted by Crippen LogP contribution is 2.37. The van der Waals surface area contributed by atoms with E-state index in [2.05, 4.69) is 0 Å². The number of aliphatic hydroxyl groups is 1. The lowest BCUT2D eigenvalue weighted by Gasteiger charge is -2.22. The van der Waals surface area contributed by atoms with Gasteiger partial charge in [0.25, 0.3) is 0 Å². The minimum Gasteiger partial charge on any atom is -0.463 e. The number of carbonyl (C=O) groups is 3. The number of hydrogen-bond acceptors (Lipinski definition) is 5. The van der Waals surface area contributed by atoms with E-state index in [0.717, 1.165) is 44.1 Å². The van der Waals surface area contributed by atoms with Gasteiger partial charge in [0, 0.05) is 31.6 Å². The Hall–Kier alpha value is -2.15. The summed E-state index contributed by atoms with van der Waals surface area (Å²) in [6.45, 7) is 3.66. The highest BCUT2D eigenvalue weighted by Gasteiger charge is 2.43. The second-order valence-electron chi connectivity index (χ2n) is 10.4. The molecule has 1 N–H and O–H groups in total. The van der Waals surface area contributed by atoms with Gasteiger partial charge in [0.15, 0.2) is 0 Å². The van der Waals surface area contributed by atoms with Crippen LogP contribution >= 0.6 is 0 Å². The van der Waals surface area contributed by atoms with Crippen LogP contribution in [0.2, 0.25) is 0 Å². The third-order valence-corrected chi connectivity index (χ3v) is 7.03. The Labute approximate surface area is 214 Å². The average molecular weight is 509 g/mol. The van der Waals surface area contributed by atoms with Crippen LogP contribution in [0.15, 0.2) is 30.3 Å². The third-order valence-electron chi connectivity index (χ3n) is 7.03. The Kier molecular flexibility index (Phi) is 12.7. The van der Waals surface area contributed by atoms with Crippen molar-refractivity contribution in [2.45, 2.75) is 115 Å². The molecule has 1 aromatic carbocycles. The maximum atomic E-state index is 14.4. The molecule has 0 spiro atoms. The van der Waals surface area contributed by atoms with Crippen molar-refractivity contribution in [3.8, 4) is 0 Å². The number of benzene rings is 1. The molecule has 3 atom stereocenters. The van der Waals surface area contributed by atoms with Crippen LogP contribution in [0.1, 0.15) is 96.5 Å². The van der Waals surface area contributed by atoms with E-state index in [-0.39, 0.29) is 49.5 Å². The number of rotatable bonds is 17. The van der Waals surface area contributed by atoms with Gasteiger partial charge in [-0.15, -0.1) is 0 Å². The van der Waals surface area contributed by atoms with E-state index in [1.807, 2.05) is 19.9 Å². The first kappa shape index (κ1) is 30.1. The Morgan fingerprint density at radius 3 is 2.31 bits per heavy atom. The molecule has 5 nitrogen and oxygen atoms in total. The zero-order chi connectivity index (χ0) is 26.6. The molecule has 1 aliphatic rings. The summed E-state index contributed by atoms with van der Waals surface area (Å²) in [5.74, 6) is -5.51. The maximum Gasteiger partial charge on any atom is 0.306 e. The van der Waals surface area contributed by atoms with Gasteiger partial charge in [0.05, 0.1) is 12.2 Å². The normalized spacial score (nSPS) is 20.2. The number of alkyl halides is 2. The fourth-order valence-corrected chi connectivity index (χ4v) is 5.01. The molecule has 2 rings (SSSR count). The van der Waals surface area contributed by atoms with Crippen molar-refractivity contribution in [1.29, 1.82) is 0 Å². The predicted molar refractivity (Wildman–Crippen MR) is 135 cm³/mol. The van der Waals surface area contributed by atoms with Crippen LogP contribution in [0.3, 0.4) is 0 Å². The van der Waals surface area contributed by atoms with Gasteiger partial charge in [-0.2, -0.15) is 8.78 Å². The Morgan fingerprint density at radius 1 is 1.00 bits per heavy atom. The summed E-state index contributed by atoms with van der Waals surface area (Å²) in [5.41, 5.74) is 0.760. The SMILES string of the molecule is CC(C)OC(=O)CCCCCCCCC1C(=O)CC(O)[C@@H]1CCC(=O)C(F)(F)CCc1ccccc1.